The highest BCUT2D eigenvalue weighted by molar-refractivity contribution is 5.15. The molecule has 1 saturated carbocycles. The number of nitrogens with one attached hydrogen (secondary N) is 1. The van der Waals surface area contributed by atoms with Crippen LogP contribution in [0.2, 0.25) is 0 Å². The summed E-state index contributed by atoms with van der Waals surface area (Å²) in [6.07, 6.45) is 6.60. The lowest BCUT2D eigenvalue weighted by molar-refractivity contribution is 0.318. The molecule has 1 heterocycles. The second-order valence-corrected chi connectivity index (χ2v) is 6.09. The minimum Gasteiger partial charge on any atom is -0.328 e. The summed E-state index contributed by atoms with van der Waals surface area (Å²) < 4.78 is 0. The van der Waals surface area contributed by atoms with E-state index in [2.05, 4.69) is 36.3 Å². The van der Waals surface area contributed by atoms with Crippen LogP contribution in [0.3, 0.4) is 0 Å². The number of rotatable bonds is 4. The highest BCUT2D eigenvalue weighted by Gasteiger charge is 2.24. The molecule has 0 saturated heterocycles. The molecule has 0 radical (unpaired) electrons. The van der Waals surface area contributed by atoms with Gasteiger partial charge >= 0.3 is 0 Å². The summed E-state index contributed by atoms with van der Waals surface area (Å²) in [5, 5.41) is 3.69. The smallest absolute Gasteiger partial charge is 0.0472 e. The molecule has 0 spiro atoms. The molecular formula is C15H25N3. The summed E-state index contributed by atoms with van der Waals surface area (Å²) in [4.78, 5) is 4.47. The highest BCUT2D eigenvalue weighted by atomic mass is 14.9. The lowest BCUT2D eigenvalue weighted by atomic mass is 9.86. The molecule has 1 aliphatic carbocycles. The molecule has 2 rings (SSSR count). The Hall–Kier alpha value is -0.930. The van der Waals surface area contributed by atoms with Gasteiger partial charge in [-0.2, -0.15) is 0 Å². The van der Waals surface area contributed by atoms with Gasteiger partial charge < -0.3 is 11.1 Å². The van der Waals surface area contributed by atoms with Crippen LogP contribution >= 0.6 is 0 Å². The largest absolute Gasteiger partial charge is 0.328 e. The minimum absolute atomic E-state index is 0.0842. The third-order valence-corrected chi connectivity index (χ3v) is 3.96. The second kappa shape index (κ2) is 5.81. The van der Waals surface area contributed by atoms with Gasteiger partial charge in [-0.25, -0.2) is 0 Å². The fraction of sp³-hybridized carbons (Fsp3) is 0.667. The van der Waals surface area contributed by atoms with E-state index in [0.29, 0.717) is 12.1 Å². The highest BCUT2D eigenvalue weighted by Crippen LogP contribution is 2.22. The average Bonchev–Trinajstić information content (AvgIpc) is 2.39. The van der Waals surface area contributed by atoms with Crippen molar-refractivity contribution in [1.82, 2.24) is 10.3 Å². The fourth-order valence-electron chi connectivity index (χ4n) is 2.58. The molecule has 3 heteroatoms. The van der Waals surface area contributed by atoms with Crippen molar-refractivity contribution in [3.05, 3.63) is 30.1 Å². The van der Waals surface area contributed by atoms with Gasteiger partial charge in [-0.1, -0.05) is 19.9 Å². The van der Waals surface area contributed by atoms with E-state index in [0.717, 1.165) is 25.1 Å². The van der Waals surface area contributed by atoms with Crippen LogP contribution in [-0.4, -0.2) is 23.6 Å². The molecule has 1 aromatic rings. The molecule has 0 unspecified atom stereocenters. The summed E-state index contributed by atoms with van der Waals surface area (Å²) in [6.45, 7) is 5.47. The number of aromatic nitrogens is 1. The van der Waals surface area contributed by atoms with Crippen LogP contribution in [-0.2, 0) is 5.41 Å². The maximum absolute atomic E-state index is 5.93. The van der Waals surface area contributed by atoms with Crippen LogP contribution in [0.1, 0.15) is 45.2 Å². The molecule has 3 nitrogen and oxygen atoms in total. The Kier molecular flexibility index (Phi) is 4.36. The van der Waals surface area contributed by atoms with E-state index in [9.17, 15) is 0 Å². The first-order valence-corrected chi connectivity index (χ1v) is 6.98. The first-order valence-electron chi connectivity index (χ1n) is 6.98. The zero-order valence-electron chi connectivity index (χ0n) is 11.5. The standard InChI is InChI=1S/C15H25N3/c1-15(2,14-5-3-4-10-17-14)11-18-13-8-6-12(16)7-9-13/h3-5,10,12-13,18H,6-9,11,16H2,1-2H3. The topological polar surface area (TPSA) is 50.9 Å². The molecular weight excluding hydrogens is 222 g/mol. The van der Waals surface area contributed by atoms with Crippen molar-refractivity contribution in [2.75, 3.05) is 6.54 Å². The van der Waals surface area contributed by atoms with Crippen molar-refractivity contribution in [3.63, 3.8) is 0 Å². The Balaban J connectivity index is 1.86. The van der Waals surface area contributed by atoms with Crippen molar-refractivity contribution in [2.45, 2.75) is 57.0 Å². The van der Waals surface area contributed by atoms with E-state index in [1.54, 1.807) is 0 Å². The van der Waals surface area contributed by atoms with Gasteiger partial charge in [0.25, 0.3) is 0 Å². The molecule has 0 atom stereocenters. The molecule has 18 heavy (non-hydrogen) atoms. The summed E-state index contributed by atoms with van der Waals surface area (Å²) in [7, 11) is 0. The van der Waals surface area contributed by atoms with E-state index in [4.69, 9.17) is 5.73 Å². The van der Waals surface area contributed by atoms with E-state index in [-0.39, 0.29) is 5.41 Å². The third-order valence-electron chi connectivity index (χ3n) is 3.96. The van der Waals surface area contributed by atoms with E-state index in [1.807, 2.05) is 12.3 Å². The zero-order chi connectivity index (χ0) is 13.0. The first kappa shape index (κ1) is 13.5. The first-order chi connectivity index (χ1) is 8.58. The van der Waals surface area contributed by atoms with Crippen molar-refractivity contribution >= 4 is 0 Å². The minimum atomic E-state index is 0.0842. The molecule has 0 amide bonds. The molecule has 1 aliphatic rings. The molecule has 0 aromatic carbocycles. The third kappa shape index (κ3) is 3.53. The van der Waals surface area contributed by atoms with Crippen LogP contribution in [0.25, 0.3) is 0 Å². The monoisotopic (exact) mass is 247 g/mol. The van der Waals surface area contributed by atoms with Crippen LogP contribution in [0.5, 0.6) is 0 Å². The number of nitrogens with zero attached hydrogens (tertiary/aromatic N) is 1. The van der Waals surface area contributed by atoms with Crippen molar-refractivity contribution in [3.8, 4) is 0 Å². The van der Waals surface area contributed by atoms with Crippen molar-refractivity contribution < 1.29 is 0 Å². The lowest BCUT2D eigenvalue weighted by Gasteiger charge is -2.31. The molecule has 100 valence electrons. The molecule has 1 fully saturated rings. The number of nitrogens with two attached hydrogens (primary N) is 1. The van der Waals surface area contributed by atoms with Gasteiger partial charge in [0.05, 0.1) is 0 Å². The Labute approximate surface area is 110 Å². The van der Waals surface area contributed by atoms with Gasteiger partial charge in [0.15, 0.2) is 0 Å². The van der Waals surface area contributed by atoms with E-state index in [1.165, 1.54) is 12.8 Å². The molecule has 0 bridgehead atoms. The van der Waals surface area contributed by atoms with Crippen LogP contribution in [0.15, 0.2) is 24.4 Å². The van der Waals surface area contributed by atoms with Crippen LogP contribution in [0, 0.1) is 0 Å². The maximum atomic E-state index is 5.93. The SMILES string of the molecule is CC(C)(CNC1CCC(N)CC1)c1ccccn1. The zero-order valence-corrected chi connectivity index (χ0v) is 11.5. The number of pyridine rings is 1. The number of hydrogen-bond donors (Lipinski definition) is 2. The van der Waals surface area contributed by atoms with Gasteiger partial charge in [-0.05, 0) is 37.8 Å². The second-order valence-electron chi connectivity index (χ2n) is 6.09. The molecule has 3 N–H and O–H groups in total. The van der Waals surface area contributed by atoms with E-state index < -0.39 is 0 Å². The maximum Gasteiger partial charge on any atom is 0.0472 e. The fourth-order valence-corrected chi connectivity index (χ4v) is 2.58. The predicted octanol–water partition coefficient (Wildman–Crippen LogP) is 2.22. The van der Waals surface area contributed by atoms with Gasteiger partial charge in [0, 0.05) is 35.9 Å². The van der Waals surface area contributed by atoms with Gasteiger partial charge in [-0.15, -0.1) is 0 Å². The Morgan fingerprint density at radius 1 is 1.28 bits per heavy atom. The van der Waals surface area contributed by atoms with Crippen LogP contribution < -0.4 is 11.1 Å². The summed E-state index contributed by atoms with van der Waals surface area (Å²) in [5.74, 6) is 0. The van der Waals surface area contributed by atoms with Crippen molar-refractivity contribution in [1.29, 1.82) is 0 Å². The van der Waals surface area contributed by atoms with Gasteiger partial charge in [0.2, 0.25) is 0 Å². The van der Waals surface area contributed by atoms with E-state index >= 15 is 0 Å². The number of hydrogen-bond acceptors (Lipinski definition) is 3. The van der Waals surface area contributed by atoms with Crippen molar-refractivity contribution in [2.24, 2.45) is 5.73 Å². The quantitative estimate of drug-likeness (QED) is 0.857. The molecule has 0 aliphatic heterocycles. The lowest BCUT2D eigenvalue weighted by Crippen LogP contribution is -2.43. The molecule has 1 aromatic heterocycles. The Morgan fingerprint density at radius 3 is 2.61 bits per heavy atom. The average molecular weight is 247 g/mol. The normalized spacial score (nSPS) is 25.1. The Bertz CT molecular complexity index is 353. The Morgan fingerprint density at radius 2 is 2.00 bits per heavy atom. The predicted molar refractivity (Wildman–Crippen MR) is 75.5 cm³/mol. The van der Waals surface area contributed by atoms with Gasteiger partial charge in [0.1, 0.15) is 0 Å². The summed E-state index contributed by atoms with van der Waals surface area (Å²) >= 11 is 0. The van der Waals surface area contributed by atoms with Gasteiger partial charge in [-0.3, -0.25) is 4.98 Å². The summed E-state index contributed by atoms with van der Waals surface area (Å²) in [5.41, 5.74) is 7.17. The summed E-state index contributed by atoms with van der Waals surface area (Å²) in [6, 6.07) is 7.19. The van der Waals surface area contributed by atoms with Crippen LogP contribution in [0.4, 0.5) is 0 Å².